The Morgan fingerprint density at radius 2 is 1.85 bits per heavy atom. The number of benzene rings is 1. The molecule has 0 bridgehead atoms. The number of hydrogen-bond donors (Lipinski definition) is 1. The van der Waals surface area contributed by atoms with Gasteiger partial charge in [-0.2, -0.15) is 9.98 Å². The number of hydrogen-bond acceptors (Lipinski definition) is 3. The maximum absolute atomic E-state index is 12.5. The van der Waals surface area contributed by atoms with Crippen LogP contribution < -0.4 is 4.72 Å². The molecule has 2 rings (SSSR count). The lowest BCUT2D eigenvalue weighted by Gasteiger charge is -2.26. The number of sulfonamides is 1. The lowest BCUT2D eigenvalue weighted by atomic mass is 9.94. The molecule has 1 N–H and O–H groups in total. The van der Waals surface area contributed by atoms with Gasteiger partial charge in [-0.15, -0.1) is 0 Å². The molecule has 1 aliphatic rings. The van der Waals surface area contributed by atoms with Gasteiger partial charge in [-0.1, -0.05) is 37.8 Å². The van der Waals surface area contributed by atoms with Crippen LogP contribution in [-0.2, 0) is 10.0 Å². The van der Waals surface area contributed by atoms with E-state index in [2.05, 4.69) is 10.8 Å². The third-order valence-electron chi connectivity index (χ3n) is 3.80. The van der Waals surface area contributed by atoms with Crippen LogP contribution in [0.1, 0.15) is 44.1 Å². The highest BCUT2D eigenvalue weighted by molar-refractivity contribution is 7.89. The van der Waals surface area contributed by atoms with Crippen LogP contribution in [0, 0.1) is 18.3 Å². The first kappa shape index (κ1) is 15.0. The van der Waals surface area contributed by atoms with Gasteiger partial charge in [0.25, 0.3) is 0 Å². The Bertz CT molecular complexity index is 609. The highest BCUT2D eigenvalue weighted by atomic mass is 32.2. The predicted molar refractivity (Wildman–Crippen MR) is 77.5 cm³/mol. The van der Waals surface area contributed by atoms with Gasteiger partial charge in [0.1, 0.15) is 5.54 Å². The molecule has 1 aromatic rings. The SMILES string of the molecule is Cc1cccc(S(=O)(=O)NC2(C#N)CCCCCC2)c1. The summed E-state index contributed by atoms with van der Waals surface area (Å²) in [6.45, 7) is 1.85. The van der Waals surface area contributed by atoms with E-state index in [-0.39, 0.29) is 4.90 Å². The fraction of sp³-hybridized carbons (Fsp3) is 0.533. The average molecular weight is 292 g/mol. The maximum Gasteiger partial charge on any atom is 0.241 e. The van der Waals surface area contributed by atoms with E-state index in [1.165, 1.54) is 0 Å². The van der Waals surface area contributed by atoms with Crippen LogP contribution in [0.25, 0.3) is 0 Å². The zero-order chi connectivity index (χ0) is 14.6. The molecule has 0 amide bonds. The maximum atomic E-state index is 12.5. The van der Waals surface area contributed by atoms with Gasteiger partial charge < -0.3 is 0 Å². The summed E-state index contributed by atoms with van der Waals surface area (Å²) < 4.78 is 27.6. The number of nitriles is 1. The van der Waals surface area contributed by atoms with Crippen molar-refractivity contribution in [2.45, 2.75) is 55.9 Å². The fourth-order valence-corrected chi connectivity index (χ4v) is 4.15. The van der Waals surface area contributed by atoms with Crippen molar-refractivity contribution in [1.29, 1.82) is 5.26 Å². The lowest BCUT2D eigenvalue weighted by Crippen LogP contribution is -2.46. The molecule has 0 aliphatic heterocycles. The minimum atomic E-state index is -3.64. The van der Waals surface area contributed by atoms with Crippen molar-refractivity contribution in [3.8, 4) is 6.07 Å². The van der Waals surface area contributed by atoms with E-state index in [4.69, 9.17) is 0 Å². The summed E-state index contributed by atoms with van der Waals surface area (Å²) in [5, 5.41) is 9.45. The van der Waals surface area contributed by atoms with Crippen molar-refractivity contribution in [2.24, 2.45) is 0 Å². The van der Waals surface area contributed by atoms with Gasteiger partial charge in [-0.25, -0.2) is 8.42 Å². The highest BCUT2D eigenvalue weighted by Crippen LogP contribution is 2.28. The van der Waals surface area contributed by atoms with E-state index in [0.717, 1.165) is 31.2 Å². The minimum Gasteiger partial charge on any atom is -0.207 e. The molecule has 5 heteroatoms. The van der Waals surface area contributed by atoms with Gasteiger partial charge >= 0.3 is 0 Å². The third-order valence-corrected chi connectivity index (χ3v) is 5.33. The minimum absolute atomic E-state index is 0.233. The van der Waals surface area contributed by atoms with E-state index in [9.17, 15) is 13.7 Å². The summed E-state index contributed by atoms with van der Waals surface area (Å²) in [7, 11) is -3.64. The standard InChI is InChI=1S/C15H20N2O2S/c1-13-7-6-8-14(11-13)20(18,19)17-15(12-16)9-4-2-3-5-10-15/h6-8,11,17H,2-5,9-10H2,1H3. The lowest BCUT2D eigenvalue weighted by molar-refractivity contribution is 0.422. The van der Waals surface area contributed by atoms with E-state index in [1.54, 1.807) is 18.2 Å². The van der Waals surface area contributed by atoms with Gasteiger partial charge in [0.2, 0.25) is 10.0 Å². The van der Waals surface area contributed by atoms with Crippen LogP contribution in [0.5, 0.6) is 0 Å². The largest absolute Gasteiger partial charge is 0.241 e. The van der Waals surface area contributed by atoms with Gasteiger partial charge in [-0.3, -0.25) is 0 Å². The summed E-state index contributed by atoms with van der Waals surface area (Å²) in [6, 6.07) is 8.97. The Balaban J connectivity index is 2.28. The average Bonchev–Trinajstić information content (AvgIpc) is 2.64. The van der Waals surface area contributed by atoms with Gasteiger partial charge in [0.05, 0.1) is 11.0 Å². The number of nitrogens with zero attached hydrogens (tertiary/aromatic N) is 1. The van der Waals surface area contributed by atoms with Crippen molar-refractivity contribution in [3.63, 3.8) is 0 Å². The molecule has 1 aliphatic carbocycles. The van der Waals surface area contributed by atoms with Crippen molar-refractivity contribution in [2.75, 3.05) is 0 Å². The van der Waals surface area contributed by atoms with Crippen LogP contribution in [0.15, 0.2) is 29.2 Å². The smallest absolute Gasteiger partial charge is 0.207 e. The first-order valence-corrected chi connectivity index (χ1v) is 8.48. The quantitative estimate of drug-likeness (QED) is 0.871. The predicted octanol–water partition coefficient (Wildman–Crippen LogP) is 2.89. The molecule has 1 fully saturated rings. The Hall–Kier alpha value is -1.38. The second-order valence-corrected chi connectivity index (χ2v) is 7.21. The van der Waals surface area contributed by atoms with Crippen LogP contribution >= 0.6 is 0 Å². The van der Waals surface area contributed by atoms with Gasteiger partial charge in [0, 0.05) is 0 Å². The zero-order valence-electron chi connectivity index (χ0n) is 11.7. The molecule has 0 spiro atoms. The summed E-state index contributed by atoms with van der Waals surface area (Å²) in [6.07, 6.45) is 5.10. The molecule has 0 heterocycles. The normalized spacial score (nSPS) is 19.0. The van der Waals surface area contributed by atoms with E-state index in [1.807, 2.05) is 13.0 Å². The van der Waals surface area contributed by atoms with Crippen LogP contribution in [-0.4, -0.2) is 14.0 Å². The molecule has 1 saturated carbocycles. The Morgan fingerprint density at radius 1 is 1.20 bits per heavy atom. The summed E-state index contributed by atoms with van der Waals surface area (Å²) in [4.78, 5) is 0.233. The van der Waals surface area contributed by atoms with Gasteiger partial charge in [-0.05, 0) is 37.5 Å². The fourth-order valence-electron chi connectivity index (χ4n) is 2.67. The molecule has 0 unspecified atom stereocenters. The Morgan fingerprint density at radius 3 is 2.40 bits per heavy atom. The number of nitrogens with one attached hydrogen (secondary N) is 1. The van der Waals surface area contributed by atoms with E-state index >= 15 is 0 Å². The first-order valence-electron chi connectivity index (χ1n) is 6.99. The van der Waals surface area contributed by atoms with Crippen LogP contribution in [0.3, 0.4) is 0 Å². The third kappa shape index (κ3) is 3.38. The molecule has 0 radical (unpaired) electrons. The number of rotatable bonds is 3. The highest BCUT2D eigenvalue weighted by Gasteiger charge is 2.35. The molecule has 108 valence electrons. The van der Waals surface area contributed by atoms with Crippen molar-refractivity contribution >= 4 is 10.0 Å². The van der Waals surface area contributed by atoms with E-state index in [0.29, 0.717) is 12.8 Å². The molecule has 0 atom stereocenters. The second kappa shape index (κ2) is 5.94. The monoisotopic (exact) mass is 292 g/mol. The van der Waals surface area contributed by atoms with Crippen molar-refractivity contribution in [1.82, 2.24) is 4.72 Å². The second-order valence-electron chi connectivity index (χ2n) is 5.53. The molecule has 1 aromatic carbocycles. The summed E-state index contributed by atoms with van der Waals surface area (Å²) in [5.41, 5.74) is -0.0567. The van der Waals surface area contributed by atoms with Crippen LogP contribution in [0.4, 0.5) is 0 Å². The molecule has 20 heavy (non-hydrogen) atoms. The topological polar surface area (TPSA) is 70.0 Å². The molecule has 0 saturated heterocycles. The molecular formula is C15H20N2O2S. The number of aryl methyl sites for hydroxylation is 1. The molecule has 0 aromatic heterocycles. The van der Waals surface area contributed by atoms with Crippen molar-refractivity contribution < 1.29 is 8.42 Å². The van der Waals surface area contributed by atoms with Crippen LogP contribution in [0.2, 0.25) is 0 Å². The molecule has 4 nitrogen and oxygen atoms in total. The van der Waals surface area contributed by atoms with Gasteiger partial charge in [0.15, 0.2) is 0 Å². The Kier molecular flexibility index (Phi) is 4.46. The Labute approximate surface area is 120 Å². The zero-order valence-corrected chi connectivity index (χ0v) is 12.5. The first-order chi connectivity index (χ1) is 9.47. The molecular weight excluding hydrogens is 272 g/mol. The summed E-state index contributed by atoms with van der Waals surface area (Å²) >= 11 is 0. The van der Waals surface area contributed by atoms with Crippen molar-refractivity contribution in [3.05, 3.63) is 29.8 Å². The summed E-state index contributed by atoms with van der Waals surface area (Å²) in [5.74, 6) is 0. The van der Waals surface area contributed by atoms with E-state index < -0.39 is 15.6 Å².